The highest BCUT2D eigenvalue weighted by molar-refractivity contribution is 5.87. The van der Waals surface area contributed by atoms with Gasteiger partial charge in [0, 0.05) is 13.5 Å². The number of carbonyl (C=O) groups excluding carboxylic acids is 2. The Labute approximate surface area is 164 Å². The maximum Gasteiger partial charge on any atom is 0.246 e. The summed E-state index contributed by atoms with van der Waals surface area (Å²) in [6.45, 7) is 1.02. The van der Waals surface area contributed by atoms with Crippen molar-refractivity contribution in [3.8, 4) is 5.75 Å². The largest absolute Gasteiger partial charge is 0.489 e. The number of ether oxygens (including phenoxy) is 3. The Morgan fingerprint density at radius 3 is 2.36 bits per heavy atom. The van der Waals surface area contributed by atoms with E-state index < -0.39 is 17.9 Å². The van der Waals surface area contributed by atoms with Gasteiger partial charge in [-0.15, -0.1) is 0 Å². The van der Waals surface area contributed by atoms with E-state index in [1.807, 2.05) is 54.6 Å². The van der Waals surface area contributed by atoms with Crippen molar-refractivity contribution < 1.29 is 23.8 Å². The van der Waals surface area contributed by atoms with Gasteiger partial charge in [-0.05, 0) is 23.3 Å². The fourth-order valence-corrected chi connectivity index (χ4v) is 2.46. The fourth-order valence-electron chi connectivity index (χ4n) is 2.46. The van der Waals surface area contributed by atoms with Gasteiger partial charge in [0.05, 0.1) is 13.2 Å². The van der Waals surface area contributed by atoms with E-state index in [2.05, 4.69) is 5.32 Å². The Hall–Kier alpha value is -2.90. The summed E-state index contributed by atoms with van der Waals surface area (Å²) in [6, 6.07) is 16.4. The molecule has 0 aliphatic heterocycles. The van der Waals surface area contributed by atoms with Crippen LogP contribution in [0.5, 0.6) is 5.75 Å². The number of hydrogen-bond acceptors (Lipinski definition) is 5. The number of methoxy groups -OCH3 is 1. The van der Waals surface area contributed by atoms with Gasteiger partial charge in [-0.25, -0.2) is 0 Å². The van der Waals surface area contributed by atoms with Gasteiger partial charge in [-0.1, -0.05) is 42.5 Å². The Balaban J connectivity index is 1.83. The number of nitrogens with two attached hydrogens (primary N) is 1. The SMILES string of the molecule is COCCOCC(=O)N[C@H](Cc1ccc(OCc2ccccc2)cc1)C(N)=O. The average molecular weight is 386 g/mol. The number of nitrogens with one attached hydrogen (secondary N) is 1. The van der Waals surface area contributed by atoms with Crippen molar-refractivity contribution in [2.45, 2.75) is 19.1 Å². The summed E-state index contributed by atoms with van der Waals surface area (Å²) in [5, 5.41) is 2.59. The molecule has 0 bridgehead atoms. The van der Waals surface area contributed by atoms with Crippen LogP contribution >= 0.6 is 0 Å². The minimum Gasteiger partial charge on any atom is -0.489 e. The van der Waals surface area contributed by atoms with Crippen molar-refractivity contribution >= 4 is 11.8 Å². The van der Waals surface area contributed by atoms with Gasteiger partial charge in [0.25, 0.3) is 0 Å². The molecule has 2 aromatic rings. The lowest BCUT2D eigenvalue weighted by atomic mass is 10.1. The molecule has 2 amide bonds. The van der Waals surface area contributed by atoms with E-state index in [9.17, 15) is 9.59 Å². The molecule has 0 saturated carbocycles. The molecule has 2 rings (SSSR count). The van der Waals surface area contributed by atoms with Crippen molar-refractivity contribution in [1.29, 1.82) is 0 Å². The van der Waals surface area contributed by atoms with Crippen LogP contribution in [0.15, 0.2) is 54.6 Å². The molecular formula is C21H26N2O5. The summed E-state index contributed by atoms with van der Waals surface area (Å²) in [6.07, 6.45) is 0.290. The van der Waals surface area contributed by atoms with E-state index in [-0.39, 0.29) is 13.0 Å². The summed E-state index contributed by atoms with van der Waals surface area (Å²) in [5.74, 6) is -0.281. The van der Waals surface area contributed by atoms with E-state index in [4.69, 9.17) is 19.9 Å². The molecule has 0 unspecified atom stereocenters. The third kappa shape index (κ3) is 7.77. The molecule has 1 atom stereocenters. The molecule has 0 aromatic heterocycles. The van der Waals surface area contributed by atoms with Gasteiger partial charge in [-0.3, -0.25) is 9.59 Å². The number of primary amides is 1. The highest BCUT2D eigenvalue weighted by Crippen LogP contribution is 2.15. The lowest BCUT2D eigenvalue weighted by Crippen LogP contribution is -2.47. The monoisotopic (exact) mass is 386 g/mol. The lowest BCUT2D eigenvalue weighted by molar-refractivity contribution is -0.130. The zero-order valence-corrected chi connectivity index (χ0v) is 15.9. The molecule has 0 aliphatic rings. The van der Waals surface area contributed by atoms with Crippen LogP contribution in [-0.4, -0.2) is 44.8 Å². The molecule has 7 nitrogen and oxygen atoms in total. The molecule has 0 radical (unpaired) electrons. The number of hydrogen-bond donors (Lipinski definition) is 2. The Bertz CT molecular complexity index is 734. The first-order valence-electron chi connectivity index (χ1n) is 8.99. The smallest absolute Gasteiger partial charge is 0.246 e. The van der Waals surface area contributed by atoms with Crippen LogP contribution in [-0.2, 0) is 32.1 Å². The maximum atomic E-state index is 11.9. The molecule has 150 valence electrons. The summed E-state index contributed by atoms with van der Waals surface area (Å²) in [4.78, 5) is 23.5. The second-order valence-corrected chi connectivity index (χ2v) is 6.19. The summed E-state index contributed by atoms with van der Waals surface area (Å²) in [7, 11) is 1.55. The molecule has 28 heavy (non-hydrogen) atoms. The summed E-state index contributed by atoms with van der Waals surface area (Å²) in [5.41, 5.74) is 7.35. The summed E-state index contributed by atoms with van der Waals surface area (Å²) < 4.78 is 15.7. The number of carbonyl (C=O) groups is 2. The molecule has 0 spiro atoms. The van der Waals surface area contributed by atoms with E-state index in [0.29, 0.717) is 19.8 Å². The highest BCUT2D eigenvalue weighted by atomic mass is 16.5. The molecule has 0 aliphatic carbocycles. The third-order valence-corrected chi connectivity index (χ3v) is 3.96. The van der Waals surface area contributed by atoms with Gasteiger partial charge >= 0.3 is 0 Å². The van der Waals surface area contributed by atoms with Gasteiger partial charge < -0.3 is 25.3 Å². The van der Waals surface area contributed by atoms with Crippen molar-refractivity contribution in [2.75, 3.05) is 26.9 Å². The summed E-state index contributed by atoms with van der Waals surface area (Å²) >= 11 is 0. The van der Waals surface area contributed by atoms with Crippen LogP contribution < -0.4 is 15.8 Å². The predicted molar refractivity (Wildman–Crippen MR) is 105 cm³/mol. The molecule has 0 heterocycles. The Morgan fingerprint density at radius 2 is 1.71 bits per heavy atom. The topological polar surface area (TPSA) is 99.9 Å². The number of rotatable bonds is 12. The minimum absolute atomic E-state index is 0.153. The second-order valence-electron chi connectivity index (χ2n) is 6.19. The van der Waals surface area contributed by atoms with Crippen molar-refractivity contribution in [1.82, 2.24) is 5.32 Å². The Morgan fingerprint density at radius 1 is 1.00 bits per heavy atom. The first kappa shape index (κ1) is 21.4. The Kier molecular flexibility index (Phi) is 8.97. The highest BCUT2D eigenvalue weighted by Gasteiger charge is 2.18. The van der Waals surface area contributed by atoms with Gasteiger partial charge in [-0.2, -0.15) is 0 Å². The van der Waals surface area contributed by atoms with Crippen LogP contribution in [0.2, 0.25) is 0 Å². The normalized spacial score (nSPS) is 11.6. The van der Waals surface area contributed by atoms with E-state index >= 15 is 0 Å². The molecule has 0 fully saturated rings. The average Bonchev–Trinajstić information content (AvgIpc) is 2.71. The third-order valence-electron chi connectivity index (χ3n) is 3.96. The van der Waals surface area contributed by atoms with Crippen molar-refractivity contribution in [3.63, 3.8) is 0 Å². The molecular weight excluding hydrogens is 360 g/mol. The van der Waals surface area contributed by atoms with Crippen LogP contribution in [0.1, 0.15) is 11.1 Å². The maximum absolute atomic E-state index is 11.9. The quantitative estimate of drug-likeness (QED) is 0.538. The van der Waals surface area contributed by atoms with Crippen LogP contribution in [0.3, 0.4) is 0 Å². The molecule has 7 heteroatoms. The van der Waals surface area contributed by atoms with Crippen molar-refractivity contribution in [3.05, 3.63) is 65.7 Å². The van der Waals surface area contributed by atoms with Crippen LogP contribution in [0.25, 0.3) is 0 Å². The first-order chi connectivity index (χ1) is 13.6. The van der Waals surface area contributed by atoms with E-state index in [0.717, 1.165) is 16.9 Å². The van der Waals surface area contributed by atoms with Gasteiger partial charge in [0.2, 0.25) is 11.8 Å². The molecule has 2 aromatic carbocycles. The van der Waals surface area contributed by atoms with Gasteiger partial charge in [0.15, 0.2) is 0 Å². The second kappa shape index (κ2) is 11.7. The van der Waals surface area contributed by atoms with Crippen LogP contribution in [0.4, 0.5) is 0 Å². The van der Waals surface area contributed by atoms with Crippen molar-refractivity contribution in [2.24, 2.45) is 5.73 Å². The number of benzene rings is 2. The predicted octanol–water partition coefficient (Wildman–Crippen LogP) is 1.44. The zero-order valence-electron chi connectivity index (χ0n) is 15.9. The first-order valence-corrected chi connectivity index (χ1v) is 8.99. The van der Waals surface area contributed by atoms with E-state index in [1.165, 1.54) is 0 Å². The minimum atomic E-state index is -0.811. The van der Waals surface area contributed by atoms with Crippen LogP contribution in [0, 0.1) is 0 Å². The zero-order chi connectivity index (χ0) is 20.2. The molecule has 3 N–H and O–H groups in total. The van der Waals surface area contributed by atoms with Gasteiger partial charge in [0.1, 0.15) is 25.0 Å². The van der Waals surface area contributed by atoms with E-state index in [1.54, 1.807) is 7.11 Å². The lowest BCUT2D eigenvalue weighted by Gasteiger charge is -2.16. The standard InChI is InChI=1S/C21H26N2O5/c1-26-11-12-27-15-20(24)23-19(21(22)25)13-16-7-9-18(10-8-16)28-14-17-5-3-2-4-6-17/h2-10,19H,11-15H2,1H3,(H2,22,25)(H,23,24)/t19-/m1/s1. The fraction of sp³-hybridized carbons (Fsp3) is 0.333. The molecule has 0 saturated heterocycles. The number of amides is 2.